The number of likely N-dealkylation sites (tertiary alicyclic amines) is 1. The minimum atomic E-state index is 0. The van der Waals surface area contributed by atoms with E-state index >= 15 is 0 Å². The molecule has 1 aliphatic rings. The SMILES string of the molecule is CCC(CC)c1cc(CNC(=NC)NCCCCN2CCC(C)CC2)on1.I. The van der Waals surface area contributed by atoms with Crippen molar-refractivity contribution in [2.45, 2.75) is 71.8 Å². The molecule has 1 aliphatic heterocycles. The molecule has 2 heterocycles. The number of aliphatic imine (C=N–C) groups is 1. The molecule has 1 aromatic rings. The monoisotopic (exact) mass is 505 g/mol. The number of rotatable bonds is 10. The number of guanidine groups is 1. The van der Waals surface area contributed by atoms with Crippen molar-refractivity contribution in [3.8, 4) is 0 Å². The third-order valence-electron chi connectivity index (χ3n) is 5.70. The van der Waals surface area contributed by atoms with Crippen LogP contribution in [0.25, 0.3) is 0 Å². The van der Waals surface area contributed by atoms with Gasteiger partial charge >= 0.3 is 0 Å². The molecule has 1 fully saturated rings. The molecule has 0 aromatic carbocycles. The highest BCUT2D eigenvalue weighted by Crippen LogP contribution is 2.22. The van der Waals surface area contributed by atoms with E-state index in [1.807, 2.05) is 0 Å². The van der Waals surface area contributed by atoms with Crippen LogP contribution in [0, 0.1) is 5.92 Å². The number of nitrogens with zero attached hydrogens (tertiary/aromatic N) is 3. The summed E-state index contributed by atoms with van der Waals surface area (Å²) >= 11 is 0. The van der Waals surface area contributed by atoms with Gasteiger partial charge in [-0.2, -0.15) is 0 Å². The molecule has 1 aromatic heterocycles. The third kappa shape index (κ3) is 8.68. The van der Waals surface area contributed by atoms with Crippen LogP contribution in [0.5, 0.6) is 0 Å². The van der Waals surface area contributed by atoms with Crippen LogP contribution in [0.4, 0.5) is 0 Å². The van der Waals surface area contributed by atoms with Crippen LogP contribution < -0.4 is 10.6 Å². The molecule has 0 aliphatic carbocycles. The predicted octanol–water partition coefficient (Wildman–Crippen LogP) is 4.37. The van der Waals surface area contributed by atoms with E-state index in [-0.39, 0.29) is 24.0 Å². The summed E-state index contributed by atoms with van der Waals surface area (Å²) in [7, 11) is 1.81. The van der Waals surface area contributed by atoms with E-state index < -0.39 is 0 Å². The summed E-state index contributed by atoms with van der Waals surface area (Å²) in [5.74, 6) is 3.08. The lowest BCUT2D eigenvalue weighted by Crippen LogP contribution is -2.37. The molecule has 0 amide bonds. The lowest BCUT2D eigenvalue weighted by Gasteiger charge is -2.30. The van der Waals surface area contributed by atoms with Crippen LogP contribution in [-0.2, 0) is 6.54 Å². The van der Waals surface area contributed by atoms with Crippen LogP contribution in [0.3, 0.4) is 0 Å². The Bertz CT molecular complexity index is 551. The lowest BCUT2D eigenvalue weighted by molar-refractivity contribution is 0.189. The summed E-state index contributed by atoms with van der Waals surface area (Å²) in [5.41, 5.74) is 1.06. The molecular formula is C21H40IN5O. The fraction of sp³-hybridized carbons (Fsp3) is 0.810. The second-order valence-electron chi connectivity index (χ2n) is 7.82. The van der Waals surface area contributed by atoms with Gasteiger partial charge in [-0.1, -0.05) is 25.9 Å². The molecule has 2 N–H and O–H groups in total. The zero-order chi connectivity index (χ0) is 19.5. The minimum Gasteiger partial charge on any atom is -0.359 e. The maximum absolute atomic E-state index is 5.46. The van der Waals surface area contributed by atoms with Gasteiger partial charge in [0.05, 0.1) is 12.2 Å². The van der Waals surface area contributed by atoms with Gasteiger partial charge in [0.15, 0.2) is 11.7 Å². The average Bonchev–Trinajstić information content (AvgIpc) is 3.15. The van der Waals surface area contributed by atoms with Gasteiger partial charge in [0.1, 0.15) is 0 Å². The van der Waals surface area contributed by atoms with Crippen molar-refractivity contribution >= 4 is 29.9 Å². The highest BCUT2D eigenvalue weighted by Gasteiger charge is 2.15. The molecule has 0 unspecified atom stereocenters. The van der Waals surface area contributed by atoms with Gasteiger partial charge in [0, 0.05) is 25.6 Å². The van der Waals surface area contributed by atoms with E-state index in [2.05, 4.69) is 52.5 Å². The first-order chi connectivity index (χ1) is 13.2. The van der Waals surface area contributed by atoms with Gasteiger partial charge in [0.25, 0.3) is 0 Å². The highest BCUT2D eigenvalue weighted by atomic mass is 127. The largest absolute Gasteiger partial charge is 0.359 e. The molecule has 6 nitrogen and oxygen atoms in total. The van der Waals surface area contributed by atoms with Crippen LogP contribution in [0.2, 0.25) is 0 Å². The van der Waals surface area contributed by atoms with Gasteiger partial charge in [-0.25, -0.2) is 0 Å². The quantitative estimate of drug-likeness (QED) is 0.214. The van der Waals surface area contributed by atoms with Crippen molar-refractivity contribution in [2.75, 3.05) is 33.2 Å². The Balaban J connectivity index is 0.00000392. The molecule has 0 spiro atoms. The number of hydrogen-bond acceptors (Lipinski definition) is 4. The Labute approximate surface area is 188 Å². The van der Waals surface area contributed by atoms with Gasteiger partial charge in [-0.3, -0.25) is 4.99 Å². The Kier molecular flexibility index (Phi) is 12.8. The number of unbranched alkanes of at least 4 members (excludes halogenated alkanes) is 1. The summed E-state index contributed by atoms with van der Waals surface area (Å²) in [6.45, 7) is 12.1. The normalized spacial score (nSPS) is 16.2. The number of hydrogen-bond donors (Lipinski definition) is 2. The van der Waals surface area contributed by atoms with Crippen molar-refractivity contribution in [1.82, 2.24) is 20.7 Å². The Morgan fingerprint density at radius 2 is 1.96 bits per heavy atom. The van der Waals surface area contributed by atoms with E-state index in [4.69, 9.17) is 4.52 Å². The summed E-state index contributed by atoms with van der Waals surface area (Å²) in [6, 6.07) is 2.07. The maximum atomic E-state index is 5.46. The highest BCUT2D eigenvalue weighted by molar-refractivity contribution is 14.0. The van der Waals surface area contributed by atoms with Crippen molar-refractivity contribution in [1.29, 1.82) is 0 Å². The number of piperidine rings is 1. The third-order valence-corrected chi connectivity index (χ3v) is 5.70. The Morgan fingerprint density at radius 3 is 2.61 bits per heavy atom. The van der Waals surface area contributed by atoms with Gasteiger partial charge in [-0.05, 0) is 64.1 Å². The summed E-state index contributed by atoms with van der Waals surface area (Å²) in [5, 5.41) is 10.9. The maximum Gasteiger partial charge on any atom is 0.191 e. The molecule has 0 saturated carbocycles. The molecule has 2 rings (SSSR count). The van der Waals surface area contributed by atoms with E-state index in [1.54, 1.807) is 7.05 Å². The van der Waals surface area contributed by atoms with Crippen LogP contribution in [0.1, 0.15) is 76.7 Å². The van der Waals surface area contributed by atoms with Crippen molar-refractivity contribution in [3.63, 3.8) is 0 Å². The van der Waals surface area contributed by atoms with Gasteiger partial charge in [0.2, 0.25) is 0 Å². The van der Waals surface area contributed by atoms with E-state index in [0.717, 1.165) is 49.1 Å². The zero-order valence-electron chi connectivity index (χ0n) is 18.2. The van der Waals surface area contributed by atoms with E-state index in [1.165, 1.54) is 38.9 Å². The minimum absolute atomic E-state index is 0. The Hall–Kier alpha value is -0.830. The number of nitrogens with one attached hydrogen (secondary N) is 2. The first-order valence-electron chi connectivity index (χ1n) is 10.8. The fourth-order valence-corrected chi connectivity index (χ4v) is 3.66. The van der Waals surface area contributed by atoms with Gasteiger partial charge in [-0.15, -0.1) is 24.0 Å². The second kappa shape index (κ2) is 14.2. The summed E-state index contributed by atoms with van der Waals surface area (Å²) in [6.07, 6.45) is 7.29. The molecule has 7 heteroatoms. The molecule has 0 atom stereocenters. The predicted molar refractivity (Wildman–Crippen MR) is 128 cm³/mol. The lowest BCUT2D eigenvalue weighted by atomic mass is 9.99. The molecule has 0 bridgehead atoms. The van der Waals surface area contributed by atoms with Crippen LogP contribution in [0.15, 0.2) is 15.6 Å². The van der Waals surface area contributed by atoms with Crippen LogP contribution in [-0.4, -0.2) is 49.2 Å². The number of aromatic nitrogens is 1. The summed E-state index contributed by atoms with van der Waals surface area (Å²) in [4.78, 5) is 6.90. The van der Waals surface area contributed by atoms with Crippen molar-refractivity contribution in [3.05, 3.63) is 17.5 Å². The zero-order valence-corrected chi connectivity index (χ0v) is 20.5. The molecule has 1 saturated heterocycles. The van der Waals surface area contributed by atoms with Gasteiger partial charge < -0.3 is 20.1 Å². The molecule has 162 valence electrons. The van der Waals surface area contributed by atoms with E-state index in [9.17, 15) is 0 Å². The van der Waals surface area contributed by atoms with E-state index in [0.29, 0.717) is 12.5 Å². The fourth-order valence-electron chi connectivity index (χ4n) is 3.66. The van der Waals surface area contributed by atoms with Crippen molar-refractivity contribution < 1.29 is 4.52 Å². The standard InChI is InChI=1S/C21H39N5O.HI/c1-5-18(6-2)20-15-19(27-25-20)16-24-21(22-4)23-11-7-8-12-26-13-9-17(3)10-14-26;/h15,17-18H,5-14,16H2,1-4H3,(H2,22,23,24);1H. The summed E-state index contributed by atoms with van der Waals surface area (Å²) < 4.78 is 5.46. The van der Waals surface area contributed by atoms with Crippen LogP contribution >= 0.6 is 24.0 Å². The molecular weight excluding hydrogens is 465 g/mol. The molecule has 0 radical (unpaired) electrons. The first kappa shape index (κ1) is 25.2. The first-order valence-corrected chi connectivity index (χ1v) is 10.8. The Morgan fingerprint density at radius 1 is 1.25 bits per heavy atom. The molecule has 28 heavy (non-hydrogen) atoms. The number of halogens is 1. The second-order valence-corrected chi connectivity index (χ2v) is 7.82. The van der Waals surface area contributed by atoms with Crippen molar-refractivity contribution in [2.24, 2.45) is 10.9 Å². The topological polar surface area (TPSA) is 65.7 Å². The average molecular weight is 505 g/mol. The smallest absolute Gasteiger partial charge is 0.191 e.